The maximum atomic E-state index is 4.74. The van der Waals surface area contributed by atoms with Crippen LogP contribution in [0.5, 0.6) is 0 Å². The number of hydrogen-bond acceptors (Lipinski definition) is 4. The number of aryl methyl sites for hydroxylation is 1. The number of rotatable bonds is 3. The van der Waals surface area contributed by atoms with Gasteiger partial charge in [0.25, 0.3) is 0 Å². The van der Waals surface area contributed by atoms with Gasteiger partial charge < -0.3 is 10.2 Å². The highest BCUT2D eigenvalue weighted by atomic mass is 79.9. The predicted octanol–water partition coefficient (Wildman–Crippen LogP) is 4.85. The molecule has 1 aliphatic rings. The number of anilines is 3. The van der Waals surface area contributed by atoms with E-state index in [-0.39, 0.29) is 0 Å². The summed E-state index contributed by atoms with van der Waals surface area (Å²) in [5, 5.41) is 3.30. The van der Waals surface area contributed by atoms with Gasteiger partial charge in [-0.2, -0.15) is 4.98 Å². The van der Waals surface area contributed by atoms with Crippen LogP contribution < -0.4 is 10.2 Å². The molecule has 4 rings (SSSR count). The normalized spacial score (nSPS) is 13.4. The number of aromatic nitrogens is 2. The second-order valence-electron chi connectivity index (χ2n) is 6.26. The number of nitrogens with zero attached hydrogens (tertiary/aromatic N) is 3. The number of fused-ring (bicyclic) bond motifs is 1. The van der Waals surface area contributed by atoms with Crippen molar-refractivity contribution < 1.29 is 0 Å². The molecule has 0 spiro atoms. The number of nitrogens with one attached hydrogen (secondary N) is 1. The molecule has 3 aromatic rings. The summed E-state index contributed by atoms with van der Waals surface area (Å²) in [5.41, 5.74) is 4.76. The third kappa shape index (κ3) is 3.66. The highest BCUT2D eigenvalue weighted by Crippen LogP contribution is 2.25. The lowest BCUT2D eigenvalue weighted by Crippen LogP contribution is -2.31. The molecule has 126 valence electrons. The number of hydrogen-bond donors (Lipinski definition) is 1. The van der Waals surface area contributed by atoms with Crippen LogP contribution in [0.25, 0.3) is 0 Å². The second-order valence-corrected chi connectivity index (χ2v) is 7.18. The fraction of sp³-hybridized carbons (Fsp3) is 0.200. The lowest BCUT2D eigenvalue weighted by atomic mass is 10.00. The SMILES string of the molecule is Cc1cc(N2CCc3ccccc3C2)nc(Nc2ccc(Br)cc2)n1. The van der Waals surface area contributed by atoms with Gasteiger partial charge in [0, 0.05) is 35.0 Å². The fourth-order valence-corrected chi connectivity index (χ4v) is 3.39. The summed E-state index contributed by atoms with van der Waals surface area (Å²) in [7, 11) is 0. The van der Waals surface area contributed by atoms with E-state index in [0.717, 1.165) is 41.2 Å². The Hall–Kier alpha value is -2.40. The van der Waals surface area contributed by atoms with Gasteiger partial charge in [-0.3, -0.25) is 0 Å². The van der Waals surface area contributed by atoms with E-state index in [1.165, 1.54) is 11.1 Å². The van der Waals surface area contributed by atoms with Gasteiger partial charge in [0.05, 0.1) is 0 Å². The van der Waals surface area contributed by atoms with Crippen LogP contribution >= 0.6 is 15.9 Å². The van der Waals surface area contributed by atoms with Crippen molar-refractivity contribution in [3.63, 3.8) is 0 Å². The van der Waals surface area contributed by atoms with Crippen LogP contribution in [0.15, 0.2) is 59.1 Å². The van der Waals surface area contributed by atoms with Gasteiger partial charge in [-0.25, -0.2) is 4.98 Å². The highest BCUT2D eigenvalue weighted by molar-refractivity contribution is 9.10. The topological polar surface area (TPSA) is 41.1 Å². The van der Waals surface area contributed by atoms with Crippen molar-refractivity contribution in [3.8, 4) is 0 Å². The smallest absolute Gasteiger partial charge is 0.229 e. The van der Waals surface area contributed by atoms with Gasteiger partial charge in [-0.1, -0.05) is 40.2 Å². The quantitative estimate of drug-likeness (QED) is 0.688. The van der Waals surface area contributed by atoms with Crippen molar-refractivity contribution in [2.45, 2.75) is 19.9 Å². The van der Waals surface area contributed by atoms with Crippen LogP contribution in [0.1, 0.15) is 16.8 Å². The van der Waals surface area contributed by atoms with Gasteiger partial charge in [0.15, 0.2) is 0 Å². The van der Waals surface area contributed by atoms with Crippen molar-refractivity contribution >= 4 is 33.4 Å². The lowest BCUT2D eigenvalue weighted by molar-refractivity contribution is 0.719. The van der Waals surface area contributed by atoms with Gasteiger partial charge in [-0.15, -0.1) is 0 Å². The maximum absolute atomic E-state index is 4.74. The van der Waals surface area contributed by atoms with Gasteiger partial charge in [0.2, 0.25) is 5.95 Å². The summed E-state index contributed by atoms with van der Waals surface area (Å²) in [4.78, 5) is 11.6. The predicted molar refractivity (Wildman–Crippen MR) is 105 cm³/mol. The molecule has 1 aromatic heterocycles. The van der Waals surface area contributed by atoms with E-state index in [0.29, 0.717) is 5.95 Å². The van der Waals surface area contributed by atoms with Gasteiger partial charge in [0.1, 0.15) is 5.82 Å². The van der Waals surface area contributed by atoms with Crippen LogP contribution in [0.3, 0.4) is 0 Å². The minimum Gasteiger partial charge on any atom is -0.352 e. The third-order valence-electron chi connectivity index (χ3n) is 4.40. The molecule has 5 heteroatoms. The maximum Gasteiger partial charge on any atom is 0.229 e. The molecule has 1 aliphatic heterocycles. The molecule has 0 amide bonds. The largest absolute Gasteiger partial charge is 0.352 e. The summed E-state index contributed by atoms with van der Waals surface area (Å²) < 4.78 is 1.05. The van der Waals surface area contributed by atoms with Crippen LogP contribution in [-0.4, -0.2) is 16.5 Å². The average molecular weight is 395 g/mol. The first-order valence-electron chi connectivity index (χ1n) is 8.37. The molecule has 0 saturated carbocycles. The Morgan fingerprint density at radius 2 is 1.76 bits per heavy atom. The molecule has 0 aliphatic carbocycles. The third-order valence-corrected chi connectivity index (χ3v) is 4.92. The first-order chi connectivity index (χ1) is 12.2. The van der Waals surface area contributed by atoms with Gasteiger partial charge in [-0.05, 0) is 48.7 Å². The molecule has 0 radical (unpaired) electrons. The van der Waals surface area contributed by atoms with Crippen molar-refractivity contribution in [3.05, 3.63) is 75.9 Å². The van der Waals surface area contributed by atoms with Crippen molar-refractivity contribution in [1.82, 2.24) is 9.97 Å². The van der Waals surface area contributed by atoms with E-state index < -0.39 is 0 Å². The number of halogens is 1. The Bertz CT molecular complexity index is 892. The molecular formula is C20H19BrN4. The lowest BCUT2D eigenvalue weighted by Gasteiger charge is -2.30. The van der Waals surface area contributed by atoms with E-state index >= 15 is 0 Å². The average Bonchev–Trinajstić information content (AvgIpc) is 2.63. The molecular weight excluding hydrogens is 376 g/mol. The molecule has 0 bridgehead atoms. The Kier molecular flexibility index (Phi) is 4.40. The van der Waals surface area contributed by atoms with Crippen LogP contribution in [0.4, 0.5) is 17.5 Å². The highest BCUT2D eigenvalue weighted by Gasteiger charge is 2.18. The summed E-state index contributed by atoms with van der Waals surface area (Å²) in [6.07, 6.45) is 1.05. The Balaban J connectivity index is 1.59. The molecule has 0 saturated heterocycles. The minimum atomic E-state index is 0.635. The Morgan fingerprint density at radius 3 is 2.56 bits per heavy atom. The second kappa shape index (κ2) is 6.84. The zero-order valence-electron chi connectivity index (χ0n) is 14.0. The zero-order chi connectivity index (χ0) is 17.2. The molecule has 2 aromatic carbocycles. The Morgan fingerprint density at radius 1 is 1.00 bits per heavy atom. The summed E-state index contributed by atoms with van der Waals surface area (Å²) >= 11 is 3.45. The van der Waals surface area contributed by atoms with Crippen LogP contribution in [0, 0.1) is 6.92 Å². The molecule has 25 heavy (non-hydrogen) atoms. The fourth-order valence-electron chi connectivity index (χ4n) is 3.12. The Labute approximate surface area is 156 Å². The van der Waals surface area contributed by atoms with Crippen LogP contribution in [0.2, 0.25) is 0 Å². The zero-order valence-corrected chi connectivity index (χ0v) is 15.6. The molecule has 2 heterocycles. The summed E-state index contributed by atoms with van der Waals surface area (Å²) in [5.74, 6) is 1.61. The van der Waals surface area contributed by atoms with Crippen molar-refractivity contribution in [2.24, 2.45) is 0 Å². The van der Waals surface area contributed by atoms with E-state index in [1.54, 1.807) is 0 Å². The monoisotopic (exact) mass is 394 g/mol. The summed E-state index contributed by atoms with van der Waals surface area (Å²) in [6, 6.07) is 18.7. The van der Waals surface area contributed by atoms with E-state index in [1.807, 2.05) is 31.2 Å². The molecule has 0 unspecified atom stereocenters. The summed E-state index contributed by atoms with van der Waals surface area (Å²) in [6.45, 7) is 3.88. The van der Waals surface area contributed by atoms with Crippen molar-refractivity contribution in [1.29, 1.82) is 0 Å². The molecule has 0 atom stereocenters. The molecule has 4 nitrogen and oxygen atoms in total. The minimum absolute atomic E-state index is 0.635. The molecule has 0 fully saturated rings. The molecule has 1 N–H and O–H groups in total. The number of benzene rings is 2. The first kappa shape index (κ1) is 16.1. The van der Waals surface area contributed by atoms with Crippen molar-refractivity contribution in [2.75, 3.05) is 16.8 Å². The van der Waals surface area contributed by atoms with E-state index in [2.05, 4.69) is 61.5 Å². The standard InChI is InChI=1S/C20H19BrN4/c1-14-12-19(25-11-10-15-4-2-3-5-16(15)13-25)24-20(22-14)23-18-8-6-17(21)7-9-18/h2-9,12H,10-11,13H2,1H3,(H,22,23,24). The van der Waals surface area contributed by atoms with Crippen LogP contribution in [-0.2, 0) is 13.0 Å². The van der Waals surface area contributed by atoms with E-state index in [9.17, 15) is 0 Å². The first-order valence-corrected chi connectivity index (χ1v) is 9.17. The van der Waals surface area contributed by atoms with Gasteiger partial charge >= 0.3 is 0 Å². The van der Waals surface area contributed by atoms with E-state index in [4.69, 9.17) is 4.98 Å².